The first kappa shape index (κ1) is 21.6. The number of carbonyl (C=O) groups excluding carboxylic acids is 1. The largest absolute Gasteiger partial charge is 0.342 e. The van der Waals surface area contributed by atoms with Crippen LogP contribution in [0.1, 0.15) is 22.3 Å². The summed E-state index contributed by atoms with van der Waals surface area (Å²) in [5.41, 5.74) is 6.39. The Bertz CT molecular complexity index is 1450. The van der Waals surface area contributed by atoms with Crippen LogP contribution < -0.4 is 5.32 Å². The number of nitrogens with one attached hydrogen (secondary N) is 1. The molecule has 164 valence electrons. The normalized spacial score (nSPS) is 16.2. The number of aryl methyl sites for hydroxylation is 2. The lowest BCUT2D eigenvalue weighted by Crippen LogP contribution is -2.19. The molecule has 1 amide bonds. The van der Waals surface area contributed by atoms with E-state index in [0.29, 0.717) is 15.1 Å². The molecule has 0 radical (unpaired) electrons. The van der Waals surface area contributed by atoms with E-state index in [0.717, 1.165) is 34.3 Å². The van der Waals surface area contributed by atoms with Crippen molar-refractivity contribution in [1.29, 1.82) is 0 Å². The van der Waals surface area contributed by atoms with Gasteiger partial charge in [-0.3, -0.25) is 4.79 Å². The molecule has 0 aliphatic carbocycles. The van der Waals surface area contributed by atoms with E-state index in [1.54, 1.807) is 6.07 Å². The fraction of sp³-hybridized carbons (Fsp3) is 0.111. The minimum Gasteiger partial charge on any atom is -0.342 e. The molecule has 0 bridgehead atoms. The fourth-order valence-corrected chi connectivity index (χ4v) is 5.06. The maximum absolute atomic E-state index is 12.7. The number of para-hydroxylation sites is 1. The van der Waals surface area contributed by atoms with Gasteiger partial charge in [-0.05, 0) is 67.1 Å². The molecule has 1 aliphatic rings. The van der Waals surface area contributed by atoms with Crippen molar-refractivity contribution in [2.24, 2.45) is 4.99 Å². The average molecular weight is 472 g/mol. The first-order valence-electron chi connectivity index (χ1n) is 10.7. The van der Waals surface area contributed by atoms with Gasteiger partial charge in [0.25, 0.3) is 5.91 Å². The molecule has 6 heteroatoms. The molecule has 1 saturated heterocycles. The molecular formula is C27H22ClN3OS. The van der Waals surface area contributed by atoms with Crippen molar-refractivity contribution in [3.63, 3.8) is 0 Å². The quantitative estimate of drug-likeness (QED) is 0.331. The number of nitrogens with zero attached hydrogens (tertiary/aromatic N) is 2. The van der Waals surface area contributed by atoms with Crippen LogP contribution in [0.3, 0.4) is 0 Å². The summed E-state index contributed by atoms with van der Waals surface area (Å²) in [7, 11) is 0. The number of benzene rings is 3. The molecule has 2 heterocycles. The third-order valence-electron chi connectivity index (χ3n) is 5.57. The van der Waals surface area contributed by atoms with E-state index >= 15 is 0 Å². The van der Waals surface area contributed by atoms with Crippen LogP contribution >= 0.6 is 23.4 Å². The molecule has 0 saturated carbocycles. The lowest BCUT2D eigenvalue weighted by Gasteiger charge is -2.06. The second kappa shape index (κ2) is 8.93. The number of fused-ring (bicyclic) bond motifs is 1. The molecule has 3 aromatic carbocycles. The molecule has 0 unspecified atom stereocenters. The molecule has 4 nitrogen and oxygen atoms in total. The van der Waals surface area contributed by atoms with E-state index in [1.807, 2.05) is 37.3 Å². The van der Waals surface area contributed by atoms with E-state index in [-0.39, 0.29) is 5.91 Å². The summed E-state index contributed by atoms with van der Waals surface area (Å²) < 4.78 is 2.24. The highest BCUT2D eigenvalue weighted by Crippen LogP contribution is 2.32. The Hall–Kier alpha value is -3.28. The molecule has 1 fully saturated rings. The van der Waals surface area contributed by atoms with Gasteiger partial charge in [0, 0.05) is 34.2 Å². The van der Waals surface area contributed by atoms with Crippen molar-refractivity contribution < 1.29 is 4.79 Å². The molecular weight excluding hydrogens is 450 g/mol. The zero-order valence-corrected chi connectivity index (χ0v) is 19.9. The predicted octanol–water partition coefficient (Wildman–Crippen LogP) is 6.85. The third-order valence-corrected chi connectivity index (χ3v) is 6.72. The van der Waals surface area contributed by atoms with Crippen LogP contribution in [-0.2, 0) is 11.3 Å². The standard InChI is InChI=1S/C27H22ClN3OS/c1-17-6-5-7-19(12-17)15-31-16-20(22-8-3-4-9-24(22)31)14-25-26(32)30-27(33-25)29-23-11-10-21(28)13-18(23)2/h3-14,16H,15H2,1-2H3,(H,29,30,32)/b25-14-. The minimum atomic E-state index is -0.138. The van der Waals surface area contributed by atoms with Gasteiger partial charge in [0.05, 0.1) is 10.6 Å². The highest BCUT2D eigenvalue weighted by molar-refractivity contribution is 8.18. The van der Waals surface area contributed by atoms with E-state index in [1.165, 1.54) is 22.9 Å². The average Bonchev–Trinajstić information content (AvgIpc) is 3.30. The topological polar surface area (TPSA) is 46.4 Å². The van der Waals surface area contributed by atoms with Gasteiger partial charge in [0.15, 0.2) is 5.17 Å². The van der Waals surface area contributed by atoms with Gasteiger partial charge in [-0.15, -0.1) is 0 Å². The zero-order chi connectivity index (χ0) is 22.9. The summed E-state index contributed by atoms with van der Waals surface area (Å²) in [5.74, 6) is -0.138. The number of thioether (sulfide) groups is 1. The van der Waals surface area contributed by atoms with Crippen LogP contribution in [0.25, 0.3) is 17.0 Å². The van der Waals surface area contributed by atoms with Gasteiger partial charge in [-0.1, -0.05) is 59.6 Å². The molecule has 1 aromatic heterocycles. The van der Waals surface area contributed by atoms with Crippen molar-refractivity contribution in [1.82, 2.24) is 9.88 Å². The van der Waals surface area contributed by atoms with Gasteiger partial charge in [0.1, 0.15) is 0 Å². The maximum Gasteiger partial charge on any atom is 0.264 e. The second-order valence-corrected chi connectivity index (χ2v) is 9.60. The molecule has 1 N–H and O–H groups in total. The van der Waals surface area contributed by atoms with Crippen LogP contribution in [0.2, 0.25) is 5.02 Å². The van der Waals surface area contributed by atoms with Gasteiger partial charge >= 0.3 is 0 Å². The number of amides is 1. The SMILES string of the molecule is Cc1cccc(Cn2cc(/C=C3\SC(=Nc4ccc(Cl)cc4C)NC3=O)c3ccccc32)c1. The van der Waals surface area contributed by atoms with Gasteiger partial charge in [-0.2, -0.15) is 0 Å². The molecule has 5 rings (SSSR count). The Morgan fingerprint density at radius 3 is 2.73 bits per heavy atom. The summed E-state index contributed by atoms with van der Waals surface area (Å²) in [5, 5.41) is 5.24. The van der Waals surface area contributed by atoms with Crippen molar-refractivity contribution >= 4 is 57.1 Å². The first-order chi connectivity index (χ1) is 16.0. The molecule has 0 spiro atoms. The number of hydrogen-bond acceptors (Lipinski definition) is 3. The van der Waals surface area contributed by atoms with Crippen molar-refractivity contribution in [2.75, 3.05) is 0 Å². The molecule has 0 atom stereocenters. The van der Waals surface area contributed by atoms with Gasteiger partial charge in [-0.25, -0.2) is 4.99 Å². The summed E-state index contributed by atoms with van der Waals surface area (Å²) in [4.78, 5) is 17.9. The smallest absolute Gasteiger partial charge is 0.264 e. The molecule has 1 aliphatic heterocycles. The van der Waals surface area contributed by atoms with Crippen molar-refractivity contribution in [2.45, 2.75) is 20.4 Å². The van der Waals surface area contributed by atoms with E-state index in [4.69, 9.17) is 11.6 Å². The Morgan fingerprint density at radius 1 is 1.06 bits per heavy atom. The number of carbonyl (C=O) groups is 1. The summed E-state index contributed by atoms with van der Waals surface area (Å²) >= 11 is 7.40. The van der Waals surface area contributed by atoms with Crippen LogP contribution in [0.15, 0.2) is 82.8 Å². The van der Waals surface area contributed by atoms with E-state index in [9.17, 15) is 4.79 Å². The highest BCUT2D eigenvalue weighted by Gasteiger charge is 2.24. The number of aliphatic imine (C=N–C) groups is 1. The summed E-state index contributed by atoms with van der Waals surface area (Å²) in [6.07, 6.45) is 4.07. The molecule has 33 heavy (non-hydrogen) atoms. The Balaban J connectivity index is 1.47. The third kappa shape index (κ3) is 4.61. The summed E-state index contributed by atoms with van der Waals surface area (Å²) in [6, 6.07) is 22.3. The monoisotopic (exact) mass is 471 g/mol. The Morgan fingerprint density at radius 2 is 1.91 bits per heavy atom. The molecule has 4 aromatic rings. The van der Waals surface area contributed by atoms with Crippen molar-refractivity contribution in [3.05, 3.63) is 105 Å². The van der Waals surface area contributed by atoms with Crippen molar-refractivity contribution in [3.8, 4) is 0 Å². The zero-order valence-electron chi connectivity index (χ0n) is 18.3. The van der Waals surface area contributed by atoms with Crippen LogP contribution in [0.5, 0.6) is 0 Å². The predicted molar refractivity (Wildman–Crippen MR) is 139 cm³/mol. The highest BCUT2D eigenvalue weighted by atomic mass is 35.5. The van der Waals surface area contributed by atoms with Gasteiger partial charge < -0.3 is 9.88 Å². The number of halogens is 1. The van der Waals surface area contributed by atoms with E-state index in [2.05, 4.69) is 64.4 Å². The maximum atomic E-state index is 12.7. The number of hydrogen-bond donors (Lipinski definition) is 1. The summed E-state index contributed by atoms with van der Waals surface area (Å²) in [6.45, 7) is 4.83. The Labute approximate surface area is 202 Å². The van der Waals surface area contributed by atoms with Crippen LogP contribution in [0, 0.1) is 13.8 Å². The number of aromatic nitrogens is 1. The van der Waals surface area contributed by atoms with Crippen LogP contribution in [0.4, 0.5) is 5.69 Å². The minimum absolute atomic E-state index is 0.138. The lowest BCUT2D eigenvalue weighted by atomic mass is 10.1. The second-order valence-electron chi connectivity index (χ2n) is 8.13. The fourth-order valence-electron chi connectivity index (χ4n) is 4.00. The number of rotatable bonds is 4. The Kier molecular flexibility index (Phi) is 5.83. The lowest BCUT2D eigenvalue weighted by molar-refractivity contribution is -0.115. The first-order valence-corrected chi connectivity index (χ1v) is 11.8. The number of amidine groups is 1. The van der Waals surface area contributed by atoms with E-state index < -0.39 is 0 Å². The van der Waals surface area contributed by atoms with Gasteiger partial charge in [0.2, 0.25) is 0 Å². The van der Waals surface area contributed by atoms with Crippen LogP contribution in [-0.4, -0.2) is 15.6 Å².